The zero-order valence-electron chi connectivity index (χ0n) is 29.4. The Hall–Kier alpha value is -5.13. The Morgan fingerprint density at radius 3 is 2.46 bits per heavy atom. The van der Waals surface area contributed by atoms with Crippen LogP contribution in [0.1, 0.15) is 82.4 Å². The number of amides is 2. The average Bonchev–Trinajstić information content (AvgIpc) is 3.49. The number of rotatable bonds is 11. The van der Waals surface area contributed by atoms with Crippen molar-refractivity contribution in [3.63, 3.8) is 0 Å². The van der Waals surface area contributed by atoms with Crippen molar-refractivity contribution < 1.29 is 40.7 Å². The molecule has 1 saturated carbocycles. The van der Waals surface area contributed by atoms with E-state index in [0.29, 0.717) is 24.1 Å². The van der Waals surface area contributed by atoms with Crippen molar-refractivity contribution >= 4 is 29.6 Å². The monoisotopic (exact) mass is 779 g/mol. The third kappa shape index (κ3) is 7.74. The Labute approximate surface area is 310 Å². The van der Waals surface area contributed by atoms with Crippen LogP contribution in [0, 0.1) is 11.2 Å². The van der Waals surface area contributed by atoms with E-state index in [0.717, 1.165) is 28.8 Å². The van der Waals surface area contributed by atoms with Crippen molar-refractivity contribution in [2.45, 2.75) is 83.2 Å². The Bertz CT molecular complexity index is 2090. The molecule has 19 heteroatoms. The number of alkyl halides is 5. The minimum absolute atomic E-state index is 0.0638. The van der Waals surface area contributed by atoms with E-state index in [1.165, 1.54) is 30.3 Å². The number of hydrogen-bond donors (Lipinski definition) is 2. The second kappa shape index (κ2) is 14.3. The molecule has 1 aliphatic carbocycles. The maximum Gasteiger partial charge on any atom is 0.408 e. The molecule has 54 heavy (non-hydrogen) atoms. The molecular weight excluding hydrogens is 744 g/mol. The molecule has 2 amide bonds. The van der Waals surface area contributed by atoms with Crippen LogP contribution in [0.3, 0.4) is 0 Å². The molecule has 2 aromatic carbocycles. The molecule has 1 aliphatic heterocycles. The van der Waals surface area contributed by atoms with Gasteiger partial charge in [0.2, 0.25) is 0 Å². The molecule has 12 nitrogen and oxygen atoms in total. The number of halogens is 7. The summed E-state index contributed by atoms with van der Waals surface area (Å²) in [5, 5.41) is 9.83. The molecule has 0 saturated heterocycles. The van der Waals surface area contributed by atoms with Gasteiger partial charge in [-0.15, -0.1) is 0 Å². The molecule has 1 unspecified atom stereocenters. The number of ether oxygens (including phenoxy) is 1. The highest BCUT2D eigenvalue weighted by Crippen LogP contribution is 2.46. The van der Waals surface area contributed by atoms with E-state index in [2.05, 4.69) is 20.2 Å². The normalized spacial score (nSPS) is 18.9. The first-order valence-corrected chi connectivity index (χ1v) is 17.2. The molecule has 3 heterocycles. The fourth-order valence-electron chi connectivity index (χ4n) is 6.37. The smallest absolute Gasteiger partial charge is 0.408 e. The molecule has 1 fully saturated rings. The lowest BCUT2D eigenvalue weighted by Gasteiger charge is -2.35. The molecule has 4 aromatic rings. The molecule has 2 aromatic heterocycles. The van der Waals surface area contributed by atoms with Crippen LogP contribution in [0.2, 0.25) is 5.02 Å². The summed E-state index contributed by atoms with van der Waals surface area (Å²) in [6.45, 7) is 5.33. The minimum atomic E-state index is -4.80. The number of nitrogens with zero attached hydrogens (tertiary/aromatic N) is 7. The van der Waals surface area contributed by atoms with Gasteiger partial charge in [0.15, 0.2) is 17.3 Å². The summed E-state index contributed by atoms with van der Waals surface area (Å²) in [6, 6.07) is 4.83. The van der Waals surface area contributed by atoms with Gasteiger partial charge >= 0.3 is 12.3 Å². The van der Waals surface area contributed by atoms with Gasteiger partial charge in [-0.1, -0.05) is 50.6 Å². The van der Waals surface area contributed by atoms with Crippen LogP contribution >= 0.6 is 11.6 Å². The van der Waals surface area contributed by atoms with Crippen molar-refractivity contribution in [2.75, 3.05) is 6.61 Å². The van der Waals surface area contributed by atoms with Crippen LogP contribution in [-0.2, 0) is 15.1 Å². The third-order valence-electron chi connectivity index (χ3n) is 9.04. The van der Waals surface area contributed by atoms with Crippen LogP contribution in [0.15, 0.2) is 60.1 Å². The molecule has 6 rings (SSSR count). The Morgan fingerprint density at radius 2 is 1.83 bits per heavy atom. The van der Waals surface area contributed by atoms with Gasteiger partial charge in [-0.25, -0.2) is 32.6 Å². The molecule has 3 N–H and O–H groups in total. The highest BCUT2D eigenvalue weighted by molar-refractivity contribution is 6.32. The van der Waals surface area contributed by atoms with Gasteiger partial charge in [0.05, 0.1) is 29.0 Å². The quantitative estimate of drug-likeness (QED) is 0.151. The standard InChI is InChI=1S/C35H36ClF6N9O3/c1-18(35(40,41)42)47-32(53)54-15-27(20-6-10-24(36)26(12-20)51-29(28(38)39)44-17-46-51)50-30(52)34(48-31(50)43,16-33(2,3)4)23-9-5-19(11-25(23)37)21-13-45-49(14-21)22-7-8-22/h5-6,9-14,17-18,22,27-28H,7-8,15-16H2,1-4H3,(H2,43,48)(H,47,53)/t18-,27?,34+/m0/s1. The summed E-state index contributed by atoms with van der Waals surface area (Å²) in [7, 11) is 0. The molecular formula is C35H36ClF6N9O3. The van der Waals surface area contributed by atoms with Gasteiger partial charge in [-0.05, 0) is 60.9 Å². The van der Waals surface area contributed by atoms with Gasteiger partial charge in [0.1, 0.15) is 24.8 Å². The predicted molar refractivity (Wildman–Crippen MR) is 184 cm³/mol. The lowest BCUT2D eigenvalue weighted by atomic mass is 9.75. The van der Waals surface area contributed by atoms with Gasteiger partial charge < -0.3 is 15.8 Å². The van der Waals surface area contributed by atoms with E-state index in [1.54, 1.807) is 17.6 Å². The van der Waals surface area contributed by atoms with Crippen LogP contribution < -0.4 is 11.1 Å². The van der Waals surface area contributed by atoms with Crippen LogP contribution in [-0.4, -0.2) is 66.2 Å². The molecule has 0 spiro atoms. The van der Waals surface area contributed by atoms with E-state index in [9.17, 15) is 31.5 Å². The van der Waals surface area contributed by atoms with Gasteiger partial charge in [-0.3, -0.25) is 14.4 Å². The maximum absolute atomic E-state index is 16.4. The van der Waals surface area contributed by atoms with Gasteiger partial charge in [-0.2, -0.15) is 23.4 Å². The van der Waals surface area contributed by atoms with E-state index < -0.39 is 71.8 Å². The summed E-state index contributed by atoms with van der Waals surface area (Å²) in [5.41, 5.74) is 4.87. The summed E-state index contributed by atoms with van der Waals surface area (Å²) < 4.78 is 91.5. The summed E-state index contributed by atoms with van der Waals surface area (Å²) in [5.74, 6) is -2.80. The first-order chi connectivity index (χ1) is 25.3. The predicted octanol–water partition coefficient (Wildman–Crippen LogP) is 7.40. The summed E-state index contributed by atoms with van der Waals surface area (Å²) >= 11 is 6.39. The zero-order valence-corrected chi connectivity index (χ0v) is 30.2. The van der Waals surface area contributed by atoms with Gasteiger partial charge in [0, 0.05) is 17.3 Å². The second-order valence-electron chi connectivity index (χ2n) is 14.4. The van der Waals surface area contributed by atoms with Crippen molar-refractivity contribution in [1.29, 1.82) is 0 Å². The first kappa shape index (κ1) is 38.6. The molecule has 2 aliphatic rings. The van der Waals surface area contributed by atoms with E-state index in [1.807, 2.05) is 31.6 Å². The van der Waals surface area contributed by atoms with E-state index in [-0.39, 0.29) is 28.3 Å². The van der Waals surface area contributed by atoms with Crippen molar-refractivity contribution in [3.05, 3.63) is 82.9 Å². The molecule has 0 bridgehead atoms. The number of aliphatic imine (C=N–C) groups is 1. The number of nitrogens with one attached hydrogen (secondary N) is 1. The zero-order chi connectivity index (χ0) is 39.3. The van der Waals surface area contributed by atoms with Crippen molar-refractivity contribution in [1.82, 2.24) is 34.8 Å². The number of hydrogen-bond acceptors (Lipinski definition) is 8. The van der Waals surface area contributed by atoms with Crippen LogP contribution in [0.5, 0.6) is 0 Å². The number of alkyl carbamates (subject to hydrolysis) is 1. The molecule has 3 atom stereocenters. The number of carbonyl (C=O) groups is 2. The number of carbonyl (C=O) groups excluding carboxylic acids is 2. The molecule has 0 radical (unpaired) electrons. The second-order valence-corrected chi connectivity index (χ2v) is 14.8. The lowest BCUT2D eigenvalue weighted by molar-refractivity contribution is -0.150. The SMILES string of the molecule is C[C@H](NC(=O)OCC(c1ccc(Cl)c(-n2ncnc2C(F)F)c1)N1C(=O)[C@@](CC(C)(C)C)(c2ccc(-c3cnn(C4CC4)c3)cc2F)N=C1N)C(F)(F)F. The third-order valence-corrected chi connectivity index (χ3v) is 9.36. The van der Waals surface area contributed by atoms with Crippen LogP contribution in [0.25, 0.3) is 16.8 Å². The highest BCUT2D eigenvalue weighted by atomic mass is 35.5. The fraction of sp³-hybridized carbons (Fsp3) is 0.429. The van der Waals surface area contributed by atoms with E-state index >= 15 is 4.39 Å². The Morgan fingerprint density at radius 1 is 1.11 bits per heavy atom. The maximum atomic E-state index is 16.4. The average molecular weight is 780 g/mol. The van der Waals surface area contributed by atoms with Crippen molar-refractivity contribution in [3.8, 4) is 16.8 Å². The minimum Gasteiger partial charge on any atom is -0.447 e. The number of benzene rings is 2. The number of guanidine groups is 1. The van der Waals surface area contributed by atoms with Gasteiger partial charge in [0.25, 0.3) is 12.3 Å². The first-order valence-electron chi connectivity index (χ1n) is 16.8. The number of aromatic nitrogens is 5. The van der Waals surface area contributed by atoms with Crippen LogP contribution in [0.4, 0.5) is 31.1 Å². The topological polar surface area (TPSA) is 146 Å². The van der Waals surface area contributed by atoms with Crippen molar-refractivity contribution in [2.24, 2.45) is 16.1 Å². The fourth-order valence-corrected chi connectivity index (χ4v) is 6.57. The molecule has 288 valence electrons. The Kier molecular flexibility index (Phi) is 10.2. The summed E-state index contributed by atoms with van der Waals surface area (Å²) in [4.78, 5) is 36.6. The Balaban J connectivity index is 1.42. The highest BCUT2D eigenvalue weighted by Gasteiger charge is 2.54. The number of nitrogens with two attached hydrogens (primary N) is 1. The summed E-state index contributed by atoms with van der Waals surface area (Å²) in [6.07, 6.45) is -3.09. The lowest BCUT2D eigenvalue weighted by Crippen LogP contribution is -2.48. The largest absolute Gasteiger partial charge is 0.447 e. The van der Waals surface area contributed by atoms with E-state index in [4.69, 9.17) is 22.1 Å².